The maximum atomic E-state index is 11.3. The smallest absolute Gasteiger partial charge is 0.431 e. The summed E-state index contributed by atoms with van der Waals surface area (Å²) < 4.78 is 9.64. The van der Waals surface area contributed by atoms with Crippen molar-refractivity contribution in [1.82, 2.24) is 5.48 Å². The zero-order chi connectivity index (χ0) is 13.9. The lowest BCUT2D eigenvalue weighted by atomic mass is 10.1. The molecule has 106 valence electrons. The molecule has 8 nitrogen and oxygen atoms in total. The molecule has 1 unspecified atom stereocenters. The van der Waals surface area contributed by atoms with Crippen molar-refractivity contribution in [2.75, 3.05) is 6.61 Å². The molecule has 1 saturated heterocycles. The molecule has 0 spiro atoms. The third-order valence-corrected chi connectivity index (χ3v) is 2.15. The topological polar surface area (TPSA) is 117 Å². The fraction of sp³-hybridized carbons (Fsp3) is 0.900. The van der Waals surface area contributed by atoms with Gasteiger partial charge in [0, 0.05) is 0 Å². The highest BCUT2D eigenvalue weighted by Crippen LogP contribution is 2.15. The van der Waals surface area contributed by atoms with Crippen molar-refractivity contribution in [3.63, 3.8) is 0 Å². The molecule has 0 bridgehead atoms. The van der Waals surface area contributed by atoms with Gasteiger partial charge in [0.15, 0.2) is 6.29 Å². The first-order valence-corrected chi connectivity index (χ1v) is 5.51. The summed E-state index contributed by atoms with van der Waals surface area (Å²) in [6, 6.07) is 0. The van der Waals surface area contributed by atoms with Gasteiger partial charge >= 0.3 is 6.09 Å². The van der Waals surface area contributed by atoms with E-state index in [2.05, 4.69) is 0 Å². The van der Waals surface area contributed by atoms with Crippen LogP contribution in [-0.2, 0) is 14.3 Å². The first kappa shape index (κ1) is 15.1. The zero-order valence-corrected chi connectivity index (χ0v) is 10.5. The molecule has 8 heteroatoms. The van der Waals surface area contributed by atoms with Gasteiger partial charge in [-0.15, -0.1) is 0 Å². The number of hydrogen-bond acceptors (Lipinski definition) is 7. The summed E-state index contributed by atoms with van der Waals surface area (Å²) >= 11 is 0. The highest BCUT2D eigenvalue weighted by atomic mass is 16.7. The van der Waals surface area contributed by atoms with Gasteiger partial charge in [0.05, 0.1) is 6.61 Å². The van der Waals surface area contributed by atoms with Crippen LogP contribution in [0.2, 0.25) is 0 Å². The number of ether oxygens (including phenoxy) is 2. The van der Waals surface area contributed by atoms with Gasteiger partial charge in [-0.25, -0.2) is 4.79 Å². The number of carbonyl (C=O) groups excluding carboxylic acids is 1. The Balaban J connectivity index is 2.37. The Kier molecular flexibility index (Phi) is 4.88. The van der Waals surface area contributed by atoms with Crippen molar-refractivity contribution in [2.45, 2.75) is 51.0 Å². The number of hydrogen-bond donors (Lipinski definition) is 4. The monoisotopic (exact) mass is 265 g/mol. The Bertz CT molecular complexity index is 290. The van der Waals surface area contributed by atoms with Crippen molar-refractivity contribution in [1.29, 1.82) is 0 Å². The Morgan fingerprint density at radius 2 is 1.89 bits per heavy atom. The number of carbonyl (C=O) groups is 1. The quantitative estimate of drug-likeness (QED) is 0.467. The molecular formula is C10H19NO7. The molecule has 0 aromatic heterocycles. The van der Waals surface area contributed by atoms with E-state index >= 15 is 0 Å². The number of hydroxylamine groups is 1. The predicted octanol–water partition coefficient (Wildman–Crippen LogP) is -1.12. The summed E-state index contributed by atoms with van der Waals surface area (Å²) in [5.41, 5.74) is 1.31. The first-order chi connectivity index (χ1) is 8.20. The van der Waals surface area contributed by atoms with Crippen LogP contribution in [0.25, 0.3) is 0 Å². The maximum absolute atomic E-state index is 11.3. The summed E-state index contributed by atoms with van der Waals surface area (Å²) in [5, 5.41) is 28.0. The molecule has 18 heavy (non-hydrogen) atoms. The van der Waals surface area contributed by atoms with Crippen molar-refractivity contribution in [2.24, 2.45) is 0 Å². The van der Waals surface area contributed by atoms with Gasteiger partial charge in [-0.3, -0.25) is 4.84 Å². The van der Waals surface area contributed by atoms with Crippen LogP contribution in [0.4, 0.5) is 4.79 Å². The van der Waals surface area contributed by atoms with E-state index in [-0.39, 0.29) is 6.61 Å². The van der Waals surface area contributed by atoms with E-state index in [1.807, 2.05) is 5.48 Å². The number of nitrogens with one attached hydrogen (secondary N) is 1. The van der Waals surface area contributed by atoms with E-state index in [1.165, 1.54) is 0 Å². The average molecular weight is 265 g/mol. The zero-order valence-electron chi connectivity index (χ0n) is 10.5. The van der Waals surface area contributed by atoms with Gasteiger partial charge in [0.1, 0.15) is 23.9 Å². The third kappa shape index (κ3) is 4.39. The fourth-order valence-corrected chi connectivity index (χ4v) is 1.31. The van der Waals surface area contributed by atoms with Crippen LogP contribution in [-0.4, -0.2) is 58.2 Å². The molecule has 0 aromatic carbocycles. The second-order valence-corrected chi connectivity index (χ2v) is 4.97. The SMILES string of the molecule is CC(C)(C)OC(=O)NO[C@@H]1COC(O)[C@@H](O)[C@@H]1O. The predicted molar refractivity (Wildman–Crippen MR) is 58.2 cm³/mol. The lowest BCUT2D eigenvalue weighted by Gasteiger charge is -2.34. The minimum atomic E-state index is -1.50. The molecule has 1 aliphatic heterocycles. The van der Waals surface area contributed by atoms with Crippen LogP contribution >= 0.6 is 0 Å². The minimum Gasteiger partial charge on any atom is -0.442 e. The number of aliphatic hydroxyl groups excluding tert-OH is 3. The van der Waals surface area contributed by atoms with Crippen LogP contribution in [0, 0.1) is 0 Å². The van der Waals surface area contributed by atoms with E-state index in [1.54, 1.807) is 20.8 Å². The number of rotatable bonds is 2. The fourth-order valence-electron chi connectivity index (χ4n) is 1.31. The molecule has 1 heterocycles. The van der Waals surface area contributed by atoms with Crippen LogP contribution < -0.4 is 5.48 Å². The van der Waals surface area contributed by atoms with Gasteiger partial charge in [0.2, 0.25) is 0 Å². The molecule has 4 N–H and O–H groups in total. The maximum Gasteiger partial charge on any atom is 0.431 e. The van der Waals surface area contributed by atoms with Crippen LogP contribution in [0.15, 0.2) is 0 Å². The van der Waals surface area contributed by atoms with Crippen LogP contribution in [0.3, 0.4) is 0 Å². The Hall–Kier alpha value is -0.930. The lowest BCUT2D eigenvalue weighted by Crippen LogP contribution is -2.55. The van der Waals surface area contributed by atoms with Gasteiger partial charge < -0.3 is 24.8 Å². The Morgan fingerprint density at radius 3 is 2.44 bits per heavy atom. The number of amides is 1. The summed E-state index contributed by atoms with van der Waals surface area (Å²) in [5.74, 6) is 0. The average Bonchev–Trinajstić information content (AvgIpc) is 2.22. The first-order valence-electron chi connectivity index (χ1n) is 5.51. The minimum absolute atomic E-state index is 0.171. The van der Waals surface area contributed by atoms with Gasteiger partial charge in [-0.2, -0.15) is 5.48 Å². The van der Waals surface area contributed by atoms with E-state index in [0.717, 1.165) is 0 Å². The second kappa shape index (κ2) is 5.81. The van der Waals surface area contributed by atoms with E-state index in [0.29, 0.717) is 0 Å². The summed E-state index contributed by atoms with van der Waals surface area (Å²) in [6.45, 7) is 4.89. The summed E-state index contributed by atoms with van der Waals surface area (Å²) in [7, 11) is 0. The molecule has 0 aromatic rings. The van der Waals surface area contributed by atoms with Gasteiger partial charge in [0.25, 0.3) is 0 Å². The molecule has 0 aliphatic carbocycles. The molecule has 1 fully saturated rings. The molecule has 0 saturated carbocycles. The highest BCUT2D eigenvalue weighted by molar-refractivity contribution is 5.66. The van der Waals surface area contributed by atoms with Crippen LogP contribution in [0.5, 0.6) is 0 Å². The lowest BCUT2D eigenvalue weighted by molar-refractivity contribution is -0.267. The Morgan fingerprint density at radius 1 is 1.28 bits per heavy atom. The second-order valence-electron chi connectivity index (χ2n) is 4.97. The van der Waals surface area contributed by atoms with Crippen LogP contribution in [0.1, 0.15) is 20.8 Å². The molecule has 1 amide bonds. The third-order valence-electron chi connectivity index (χ3n) is 2.15. The van der Waals surface area contributed by atoms with Crippen molar-refractivity contribution < 1.29 is 34.4 Å². The van der Waals surface area contributed by atoms with Gasteiger partial charge in [-0.1, -0.05) is 0 Å². The van der Waals surface area contributed by atoms with Crippen molar-refractivity contribution in [3.8, 4) is 0 Å². The molecule has 4 atom stereocenters. The normalized spacial score (nSPS) is 33.0. The van der Waals surface area contributed by atoms with Crippen molar-refractivity contribution >= 4 is 6.09 Å². The van der Waals surface area contributed by atoms with Gasteiger partial charge in [-0.05, 0) is 20.8 Å². The standard InChI is InChI=1S/C10H19NO7/c1-10(2,3)17-9(15)11-18-5-4-16-8(14)7(13)6(5)12/h5-8,12-14H,4H2,1-3H3,(H,11,15)/t5-,6-,7+,8?/m1/s1. The number of aliphatic hydroxyl groups is 3. The largest absolute Gasteiger partial charge is 0.442 e. The highest BCUT2D eigenvalue weighted by Gasteiger charge is 2.39. The van der Waals surface area contributed by atoms with E-state index in [9.17, 15) is 15.0 Å². The van der Waals surface area contributed by atoms with E-state index < -0.39 is 36.3 Å². The summed E-state index contributed by atoms with van der Waals surface area (Å²) in [4.78, 5) is 16.1. The molecular weight excluding hydrogens is 246 g/mol. The molecule has 0 radical (unpaired) electrons. The van der Waals surface area contributed by atoms with E-state index in [4.69, 9.17) is 19.4 Å². The summed E-state index contributed by atoms with van der Waals surface area (Å²) in [6.07, 6.45) is -6.15. The van der Waals surface area contributed by atoms with Crippen molar-refractivity contribution in [3.05, 3.63) is 0 Å². The molecule has 1 rings (SSSR count). The Labute approximate surface area is 104 Å². The molecule has 1 aliphatic rings.